The highest BCUT2D eigenvalue weighted by atomic mass is 16.5. The Bertz CT molecular complexity index is 495. The number of methoxy groups -OCH3 is 1. The zero-order valence-electron chi connectivity index (χ0n) is 10.8. The fourth-order valence-corrected chi connectivity index (χ4v) is 1.79. The number of hydrogen-bond acceptors (Lipinski definition) is 4. The van der Waals surface area contributed by atoms with Gasteiger partial charge in [0.2, 0.25) is 0 Å². The molecule has 96 valence electrons. The lowest BCUT2D eigenvalue weighted by Gasteiger charge is -2.10. The average molecular weight is 246 g/mol. The van der Waals surface area contributed by atoms with Crippen LogP contribution in [0.5, 0.6) is 5.75 Å². The van der Waals surface area contributed by atoms with Crippen LogP contribution in [0.15, 0.2) is 30.6 Å². The Balaban J connectivity index is 2.15. The number of para-hydroxylation sites is 1. The molecule has 0 aliphatic heterocycles. The van der Waals surface area contributed by atoms with Crippen molar-refractivity contribution in [3.63, 3.8) is 0 Å². The molecule has 2 rings (SSSR count). The molecule has 0 saturated carbocycles. The quantitative estimate of drug-likeness (QED) is 0.838. The number of nitrogens with one attached hydrogen (secondary N) is 1. The number of nitrogens with zero attached hydrogens (tertiary/aromatic N) is 3. The van der Waals surface area contributed by atoms with Gasteiger partial charge in [-0.2, -0.15) is 5.10 Å². The summed E-state index contributed by atoms with van der Waals surface area (Å²) in [5.74, 6) is 1.81. The summed E-state index contributed by atoms with van der Waals surface area (Å²) < 4.78 is 7.23. The summed E-state index contributed by atoms with van der Waals surface area (Å²) in [4.78, 5) is 4.25. The van der Waals surface area contributed by atoms with Gasteiger partial charge in [0.25, 0.3) is 0 Å². The van der Waals surface area contributed by atoms with Gasteiger partial charge >= 0.3 is 0 Å². The highest BCUT2D eigenvalue weighted by molar-refractivity contribution is 5.33. The lowest BCUT2D eigenvalue weighted by atomic mass is 10.2. The molecule has 1 aromatic carbocycles. The Kier molecular flexibility index (Phi) is 4.30. The van der Waals surface area contributed by atoms with Crippen LogP contribution in [0.4, 0.5) is 0 Å². The van der Waals surface area contributed by atoms with Crippen LogP contribution in [0, 0.1) is 0 Å². The minimum atomic E-state index is 0.671. The van der Waals surface area contributed by atoms with E-state index < -0.39 is 0 Å². The van der Waals surface area contributed by atoms with Gasteiger partial charge in [-0.25, -0.2) is 9.67 Å². The van der Waals surface area contributed by atoms with Crippen LogP contribution in [0.25, 0.3) is 0 Å². The molecule has 5 heteroatoms. The number of aromatic nitrogens is 3. The highest BCUT2D eigenvalue weighted by Crippen LogP contribution is 2.18. The molecule has 0 bridgehead atoms. The van der Waals surface area contributed by atoms with Gasteiger partial charge in [-0.1, -0.05) is 25.1 Å². The van der Waals surface area contributed by atoms with Crippen LogP contribution < -0.4 is 10.1 Å². The normalized spacial score (nSPS) is 10.6. The molecule has 0 saturated heterocycles. The molecule has 18 heavy (non-hydrogen) atoms. The van der Waals surface area contributed by atoms with E-state index >= 15 is 0 Å². The fourth-order valence-electron chi connectivity index (χ4n) is 1.79. The Morgan fingerprint density at radius 3 is 2.94 bits per heavy atom. The van der Waals surface area contributed by atoms with Crippen molar-refractivity contribution in [1.82, 2.24) is 20.1 Å². The van der Waals surface area contributed by atoms with E-state index in [1.54, 1.807) is 13.4 Å². The van der Waals surface area contributed by atoms with Crippen LogP contribution in [0.3, 0.4) is 0 Å². The molecule has 0 unspecified atom stereocenters. The Morgan fingerprint density at radius 1 is 1.33 bits per heavy atom. The molecule has 5 nitrogen and oxygen atoms in total. The zero-order valence-corrected chi connectivity index (χ0v) is 10.8. The predicted molar refractivity (Wildman–Crippen MR) is 69.5 cm³/mol. The van der Waals surface area contributed by atoms with Crippen molar-refractivity contribution in [3.8, 4) is 5.75 Å². The van der Waals surface area contributed by atoms with Crippen molar-refractivity contribution in [2.24, 2.45) is 0 Å². The molecule has 1 aromatic heterocycles. The molecule has 2 aromatic rings. The number of ether oxygens (including phenoxy) is 1. The van der Waals surface area contributed by atoms with E-state index in [4.69, 9.17) is 4.74 Å². The SMILES string of the molecule is CCNCc1ncnn1Cc1ccccc1OC. The second-order valence-corrected chi connectivity index (χ2v) is 3.93. The second-order valence-electron chi connectivity index (χ2n) is 3.93. The van der Waals surface area contributed by atoms with Crippen LogP contribution in [-0.2, 0) is 13.1 Å². The van der Waals surface area contributed by atoms with E-state index in [0.717, 1.165) is 30.2 Å². The molecule has 0 spiro atoms. The smallest absolute Gasteiger partial charge is 0.141 e. The van der Waals surface area contributed by atoms with Crippen LogP contribution in [0.1, 0.15) is 18.3 Å². The molecule has 0 aliphatic carbocycles. The van der Waals surface area contributed by atoms with Gasteiger partial charge in [0.15, 0.2) is 0 Å². The first kappa shape index (κ1) is 12.6. The number of benzene rings is 1. The monoisotopic (exact) mass is 246 g/mol. The highest BCUT2D eigenvalue weighted by Gasteiger charge is 2.07. The van der Waals surface area contributed by atoms with Crippen LogP contribution in [0.2, 0.25) is 0 Å². The van der Waals surface area contributed by atoms with E-state index in [0.29, 0.717) is 6.54 Å². The number of rotatable bonds is 6. The van der Waals surface area contributed by atoms with Gasteiger partial charge < -0.3 is 10.1 Å². The van der Waals surface area contributed by atoms with Gasteiger partial charge in [0.05, 0.1) is 20.2 Å². The predicted octanol–water partition coefficient (Wildman–Crippen LogP) is 1.44. The molecule has 0 fully saturated rings. The first-order valence-electron chi connectivity index (χ1n) is 6.04. The van der Waals surface area contributed by atoms with Crippen molar-refractivity contribution in [3.05, 3.63) is 42.0 Å². The molecular formula is C13H18N4O. The Hall–Kier alpha value is -1.88. The van der Waals surface area contributed by atoms with Gasteiger partial charge in [-0.05, 0) is 12.6 Å². The standard InChI is InChI=1S/C13H18N4O/c1-3-14-8-13-15-10-16-17(13)9-11-6-4-5-7-12(11)18-2/h4-7,10,14H,3,8-9H2,1-2H3. The molecule has 0 aliphatic rings. The topological polar surface area (TPSA) is 52.0 Å². The fraction of sp³-hybridized carbons (Fsp3) is 0.385. The zero-order chi connectivity index (χ0) is 12.8. The molecule has 0 amide bonds. The first-order chi connectivity index (χ1) is 8.85. The van der Waals surface area contributed by atoms with E-state index in [9.17, 15) is 0 Å². The summed E-state index contributed by atoms with van der Waals surface area (Å²) in [6.07, 6.45) is 1.59. The third kappa shape index (κ3) is 2.87. The summed E-state index contributed by atoms with van der Waals surface area (Å²) in [6, 6.07) is 7.95. The lowest BCUT2D eigenvalue weighted by Crippen LogP contribution is -2.17. The summed E-state index contributed by atoms with van der Waals surface area (Å²) in [7, 11) is 1.68. The first-order valence-corrected chi connectivity index (χ1v) is 6.04. The summed E-state index contributed by atoms with van der Waals surface area (Å²) in [6.45, 7) is 4.39. The summed E-state index contributed by atoms with van der Waals surface area (Å²) in [5, 5.41) is 7.50. The van der Waals surface area contributed by atoms with Gasteiger partial charge in [-0.15, -0.1) is 0 Å². The van der Waals surface area contributed by atoms with Crippen molar-refractivity contribution < 1.29 is 4.74 Å². The van der Waals surface area contributed by atoms with Gasteiger partial charge in [-0.3, -0.25) is 0 Å². The van der Waals surface area contributed by atoms with Crippen molar-refractivity contribution in [2.75, 3.05) is 13.7 Å². The minimum Gasteiger partial charge on any atom is -0.496 e. The molecule has 1 heterocycles. The van der Waals surface area contributed by atoms with Crippen LogP contribution >= 0.6 is 0 Å². The van der Waals surface area contributed by atoms with E-state index in [-0.39, 0.29) is 0 Å². The van der Waals surface area contributed by atoms with E-state index in [2.05, 4.69) is 22.3 Å². The van der Waals surface area contributed by atoms with Gasteiger partial charge in [0, 0.05) is 5.56 Å². The van der Waals surface area contributed by atoms with E-state index in [1.165, 1.54) is 0 Å². The largest absolute Gasteiger partial charge is 0.496 e. The van der Waals surface area contributed by atoms with Crippen molar-refractivity contribution in [1.29, 1.82) is 0 Å². The molecule has 0 atom stereocenters. The Morgan fingerprint density at radius 2 is 2.17 bits per heavy atom. The Labute approximate surface area is 107 Å². The lowest BCUT2D eigenvalue weighted by molar-refractivity contribution is 0.406. The molecule has 0 radical (unpaired) electrons. The molecule has 1 N–H and O–H groups in total. The maximum absolute atomic E-state index is 5.34. The third-order valence-corrected chi connectivity index (χ3v) is 2.74. The van der Waals surface area contributed by atoms with Crippen molar-refractivity contribution in [2.45, 2.75) is 20.0 Å². The average Bonchev–Trinajstić information content (AvgIpc) is 2.84. The summed E-state index contributed by atoms with van der Waals surface area (Å²) in [5.41, 5.74) is 1.10. The third-order valence-electron chi connectivity index (χ3n) is 2.74. The van der Waals surface area contributed by atoms with E-state index in [1.807, 2.05) is 28.9 Å². The number of hydrogen-bond donors (Lipinski definition) is 1. The van der Waals surface area contributed by atoms with Gasteiger partial charge in [0.1, 0.15) is 17.9 Å². The minimum absolute atomic E-state index is 0.671. The summed E-state index contributed by atoms with van der Waals surface area (Å²) >= 11 is 0. The van der Waals surface area contributed by atoms with Crippen molar-refractivity contribution >= 4 is 0 Å². The van der Waals surface area contributed by atoms with Crippen LogP contribution in [-0.4, -0.2) is 28.4 Å². The molecular weight excluding hydrogens is 228 g/mol. The maximum Gasteiger partial charge on any atom is 0.141 e. The maximum atomic E-state index is 5.34. The second kappa shape index (κ2) is 6.16.